The summed E-state index contributed by atoms with van der Waals surface area (Å²) in [5, 5.41) is 54.1. The fourth-order valence-electron chi connectivity index (χ4n) is 7.50. The molecule has 11 heteroatoms. The number of amides is 1. The van der Waals surface area contributed by atoms with Crippen LogP contribution in [0.25, 0.3) is 0 Å². The van der Waals surface area contributed by atoms with E-state index in [9.17, 15) is 35.1 Å². The predicted molar refractivity (Wildman–Crippen MR) is 255 cm³/mol. The fraction of sp³-hybridized carbons (Fsp3) is 0.808. The monoisotopic (exact) mass is 892 g/mol. The van der Waals surface area contributed by atoms with E-state index in [2.05, 4.69) is 55.6 Å². The molecule has 0 aromatic heterocycles. The van der Waals surface area contributed by atoms with Crippen molar-refractivity contribution in [1.82, 2.24) is 5.32 Å². The lowest BCUT2D eigenvalue weighted by Gasteiger charge is -2.40. The highest BCUT2D eigenvalue weighted by Gasteiger charge is 2.44. The van der Waals surface area contributed by atoms with E-state index in [-0.39, 0.29) is 18.5 Å². The number of rotatable bonds is 42. The molecule has 0 bridgehead atoms. The molecule has 0 aromatic rings. The first-order chi connectivity index (χ1) is 30.7. The fourth-order valence-corrected chi connectivity index (χ4v) is 7.50. The highest BCUT2D eigenvalue weighted by atomic mass is 16.7. The van der Waals surface area contributed by atoms with E-state index in [1.165, 1.54) is 70.6 Å². The van der Waals surface area contributed by atoms with Crippen LogP contribution in [-0.2, 0) is 23.8 Å². The minimum atomic E-state index is -1.59. The molecule has 63 heavy (non-hydrogen) atoms. The molecule has 0 aliphatic carbocycles. The van der Waals surface area contributed by atoms with Gasteiger partial charge < -0.3 is 45.1 Å². The number of hydrogen-bond acceptors (Lipinski definition) is 10. The molecule has 1 rings (SSSR count). The van der Waals surface area contributed by atoms with E-state index in [1.807, 2.05) is 6.08 Å². The maximum absolute atomic E-state index is 13.0. The largest absolute Gasteiger partial charge is 0.466 e. The Morgan fingerprint density at radius 3 is 1.62 bits per heavy atom. The summed E-state index contributed by atoms with van der Waals surface area (Å²) in [6, 6.07) is -0.852. The van der Waals surface area contributed by atoms with Crippen molar-refractivity contribution in [3.05, 3.63) is 48.6 Å². The van der Waals surface area contributed by atoms with Crippen LogP contribution < -0.4 is 5.32 Å². The molecule has 1 heterocycles. The van der Waals surface area contributed by atoms with E-state index in [1.54, 1.807) is 6.08 Å². The van der Waals surface area contributed by atoms with E-state index in [0.29, 0.717) is 32.3 Å². The maximum Gasteiger partial charge on any atom is 0.305 e. The molecule has 1 fully saturated rings. The first-order valence-corrected chi connectivity index (χ1v) is 25.4. The van der Waals surface area contributed by atoms with Gasteiger partial charge in [-0.05, 0) is 83.5 Å². The van der Waals surface area contributed by atoms with Gasteiger partial charge in [0, 0.05) is 12.8 Å². The number of carbonyl (C=O) groups excluding carboxylic acids is 2. The Morgan fingerprint density at radius 2 is 1.05 bits per heavy atom. The Balaban J connectivity index is 2.25. The second-order valence-electron chi connectivity index (χ2n) is 17.5. The maximum atomic E-state index is 13.0. The van der Waals surface area contributed by atoms with Crippen molar-refractivity contribution >= 4 is 11.9 Å². The Kier molecular flexibility index (Phi) is 39.3. The van der Waals surface area contributed by atoms with Crippen molar-refractivity contribution in [3.8, 4) is 0 Å². The zero-order valence-corrected chi connectivity index (χ0v) is 39.8. The van der Waals surface area contributed by atoms with Gasteiger partial charge in [0.25, 0.3) is 0 Å². The number of aliphatic hydroxyl groups is 5. The third kappa shape index (κ3) is 32.9. The molecule has 6 N–H and O–H groups in total. The van der Waals surface area contributed by atoms with Crippen LogP contribution in [0.4, 0.5) is 0 Å². The first kappa shape index (κ1) is 58.6. The molecule has 7 unspecified atom stereocenters. The lowest BCUT2D eigenvalue weighted by Crippen LogP contribution is -2.60. The lowest BCUT2D eigenvalue weighted by atomic mass is 9.99. The molecule has 7 atom stereocenters. The molecule has 1 aliphatic rings. The van der Waals surface area contributed by atoms with Crippen molar-refractivity contribution in [2.75, 3.05) is 19.8 Å². The van der Waals surface area contributed by atoms with Gasteiger partial charge >= 0.3 is 5.97 Å². The second kappa shape index (κ2) is 42.3. The number of nitrogens with one attached hydrogen (secondary N) is 1. The zero-order chi connectivity index (χ0) is 46.0. The predicted octanol–water partition coefficient (Wildman–Crippen LogP) is 10.2. The number of aliphatic hydroxyl groups excluding tert-OH is 5. The molecule has 0 aromatic carbocycles. The number of unbranched alkanes of at least 4 members (excludes halogenated alkanes) is 22. The van der Waals surface area contributed by atoms with Gasteiger partial charge in [-0.1, -0.05) is 159 Å². The number of hydrogen-bond donors (Lipinski definition) is 6. The van der Waals surface area contributed by atoms with Crippen LogP contribution in [-0.4, -0.2) is 100 Å². The van der Waals surface area contributed by atoms with Gasteiger partial charge in [0.05, 0.1) is 32.0 Å². The normalized spacial score (nSPS) is 20.4. The average Bonchev–Trinajstić information content (AvgIpc) is 3.28. The summed E-state index contributed by atoms with van der Waals surface area (Å²) in [6.07, 6.45) is 40.4. The number of carbonyl (C=O) groups is 2. The number of esters is 1. The quantitative estimate of drug-likeness (QED) is 0.0197. The van der Waals surface area contributed by atoms with Crippen LogP contribution >= 0.6 is 0 Å². The van der Waals surface area contributed by atoms with Crippen LogP contribution in [0.15, 0.2) is 48.6 Å². The van der Waals surface area contributed by atoms with Gasteiger partial charge in [-0.15, -0.1) is 0 Å². The lowest BCUT2D eigenvalue weighted by molar-refractivity contribution is -0.302. The molecule has 11 nitrogen and oxygen atoms in total. The molecule has 0 spiro atoms. The van der Waals surface area contributed by atoms with Gasteiger partial charge in [-0.2, -0.15) is 0 Å². The van der Waals surface area contributed by atoms with E-state index in [4.69, 9.17) is 14.2 Å². The summed E-state index contributed by atoms with van der Waals surface area (Å²) in [7, 11) is 0. The van der Waals surface area contributed by atoms with Gasteiger partial charge in [0.1, 0.15) is 24.4 Å². The summed E-state index contributed by atoms with van der Waals surface area (Å²) in [5.74, 6) is -0.275. The summed E-state index contributed by atoms with van der Waals surface area (Å²) < 4.78 is 16.6. The summed E-state index contributed by atoms with van der Waals surface area (Å²) >= 11 is 0. The van der Waals surface area contributed by atoms with E-state index >= 15 is 0 Å². The Morgan fingerprint density at radius 1 is 0.571 bits per heavy atom. The van der Waals surface area contributed by atoms with Crippen molar-refractivity contribution < 1.29 is 49.3 Å². The number of ether oxygens (including phenoxy) is 3. The molecule has 0 saturated carbocycles. The average molecular weight is 892 g/mol. The van der Waals surface area contributed by atoms with Crippen molar-refractivity contribution in [1.29, 1.82) is 0 Å². The second-order valence-corrected chi connectivity index (χ2v) is 17.5. The van der Waals surface area contributed by atoms with Crippen LogP contribution in [0.5, 0.6) is 0 Å². The Hall–Kier alpha value is -2.38. The number of allylic oxidation sites excluding steroid dienone is 7. The minimum absolute atomic E-state index is 0.0501. The van der Waals surface area contributed by atoms with Gasteiger partial charge in [-0.3, -0.25) is 9.59 Å². The summed E-state index contributed by atoms with van der Waals surface area (Å²) in [6.45, 7) is 4.16. The first-order valence-electron chi connectivity index (χ1n) is 25.4. The molecular formula is C52H93NO10. The van der Waals surface area contributed by atoms with Crippen molar-refractivity contribution in [2.24, 2.45) is 0 Å². The molecule has 1 amide bonds. The highest BCUT2D eigenvalue weighted by molar-refractivity contribution is 5.76. The third-order valence-electron chi connectivity index (χ3n) is 11.6. The van der Waals surface area contributed by atoms with Gasteiger partial charge in [0.2, 0.25) is 5.91 Å². The van der Waals surface area contributed by atoms with Crippen LogP contribution in [0.2, 0.25) is 0 Å². The van der Waals surface area contributed by atoms with E-state index in [0.717, 1.165) is 96.3 Å². The SMILES string of the molecule is CCCC/C=C/CC/C=C/CC/C=C/C(O)C(COC1OC(CO)C(O)C(O)C1O)NC(=O)CCCCCCC/C=C\CCCCCOC(=O)CCCCCCCCCCCCC. The molecular weight excluding hydrogens is 799 g/mol. The zero-order valence-electron chi connectivity index (χ0n) is 39.8. The summed E-state index contributed by atoms with van der Waals surface area (Å²) in [5.41, 5.74) is 0. The molecule has 0 radical (unpaired) electrons. The Labute approximate surface area is 383 Å². The molecule has 1 aliphatic heterocycles. The highest BCUT2D eigenvalue weighted by Crippen LogP contribution is 2.22. The topological polar surface area (TPSA) is 175 Å². The summed E-state index contributed by atoms with van der Waals surface area (Å²) in [4.78, 5) is 25.0. The van der Waals surface area contributed by atoms with Gasteiger partial charge in [0.15, 0.2) is 6.29 Å². The van der Waals surface area contributed by atoms with Crippen molar-refractivity contribution in [2.45, 2.75) is 249 Å². The molecule has 1 saturated heterocycles. The van der Waals surface area contributed by atoms with Crippen LogP contribution in [0.1, 0.15) is 206 Å². The third-order valence-corrected chi connectivity index (χ3v) is 11.6. The smallest absolute Gasteiger partial charge is 0.305 e. The Bertz CT molecular complexity index is 1190. The molecule has 366 valence electrons. The van der Waals surface area contributed by atoms with E-state index < -0.39 is 49.5 Å². The minimum Gasteiger partial charge on any atom is -0.466 e. The standard InChI is InChI=1S/C52H93NO10/c1-3-5-7-9-11-13-15-19-22-26-30-34-38-45(55)44(43-62-52-51(60)50(59)49(58)46(42-54)63-52)53-47(56)39-35-31-27-23-20-16-17-21-25-29-33-37-41-61-48(57)40-36-32-28-24-18-14-12-10-8-6-4-2/h9,11,17,19,21-22,34,38,44-46,49-52,54-55,58-60H,3-8,10,12-16,18,20,23-33,35-37,39-43H2,1-2H3,(H,53,56)/b11-9+,21-17-,22-19+,38-34+. The van der Waals surface area contributed by atoms with Crippen molar-refractivity contribution in [3.63, 3.8) is 0 Å². The van der Waals surface area contributed by atoms with Crippen LogP contribution in [0, 0.1) is 0 Å². The van der Waals surface area contributed by atoms with Crippen LogP contribution in [0.3, 0.4) is 0 Å². The van der Waals surface area contributed by atoms with Gasteiger partial charge in [-0.25, -0.2) is 0 Å².